The number of nitrogens with one attached hydrogen (secondary N) is 2. The minimum absolute atomic E-state index is 0.159. The quantitative estimate of drug-likeness (QED) is 0.880. The number of halogens is 1. The van der Waals surface area contributed by atoms with Crippen LogP contribution in [0.15, 0.2) is 36.5 Å². The van der Waals surface area contributed by atoms with Crippen LogP contribution < -0.4 is 10.6 Å². The monoisotopic (exact) mass is 303 g/mol. The number of nitrogens with zero attached hydrogens (tertiary/aromatic N) is 1. The predicted molar refractivity (Wildman–Crippen MR) is 86.3 cm³/mol. The average Bonchev–Trinajstić information content (AvgIpc) is 2.48. The lowest BCUT2D eigenvalue weighted by atomic mass is 10.2. The van der Waals surface area contributed by atoms with Crippen molar-refractivity contribution in [3.8, 4) is 0 Å². The summed E-state index contributed by atoms with van der Waals surface area (Å²) in [6.07, 6.45) is 2.52. The summed E-state index contributed by atoms with van der Waals surface area (Å²) in [4.78, 5) is 16.0. The molecule has 2 aromatic rings. The minimum atomic E-state index is -0.159. The normalized spacial score (nSPS) is 10.2. The van der Waals surface area contributed by atoms with E-state index in [1.165, 1.54) is 0 Å². The van der Waals surface area contributed by atoms with Crippen molar-refractivity contribution < 1.29 is 4.79 Å². The lowest BCUT2D eigenvalue weighted by Crippen LogP contribution is -2.24. The molecule has 2 N–H and O–H groups in total. The highest BCUT2D eigenvalue weighted by Crippen LogP contribution is 2.23. The molecule has 0 aliphatic carbocycles. The third kappa shape index (κ3) is 4.20. The zero-order valence-corrected chi connectivity index (χ0v) is 12.9. The second-order valence-electron chi connectivity index (χ2n) is 4.77. The largest absolute Gasteiger partial charge is 0.355 e. The summed E-state index contributed by atoms with van der Waals surface area (Å²) in [5, 5.41) is 6.79. The van der Waals surface area contributed by atoms with E-state index in [-0.39, 0.29) is 5.91 Å². The van der Waals surface area contributed by atoms with Gasteiger partial charge in [0.2, 0.25) is 0 Å². The molecule has 0 saturated heterocycles. The molecule has 1 heterocycles. The Morgan fingerprint density at radius 1 is 1.29 bits per heavy atom. The van der Waals surface area contributed by atoms with Gasteiger partial charge >= 0.3 is 0 Å². The molecule has 1 amide bonds. The second-order valence-corrected chi connectivity index (χ2v) is 5.21. The molecule has 110 valence electrons. The second kappa shape index (κ2) is 7.09. The van der Waals surface area contributed by atoms with Gasteiger partial charge in [0, 0.05) is 29.1 Å². The molecule has 21 heavy (non-hydrogen) atoms. The van der Waals surface area contributed by atoms with Gasteiger partial charge in [0.05, 0.1) is 0 Å². The van der Waals surface area contributed by atoms with Crippen LogP contribution in [0, 0.1) is 6.92 Å². The Labute approximate surface area is 129 Å². The Hall–Kier alpha value is -2.07. The van der Waals surface area contributed by atoms with Crippen molar-refractivity contribution >= 4 is 28.9 Å². The highest BCUT2D eigenvalue weighted by Gasteiger charge is 2.07. The van der Waals surface area contributed by atoms with Gasteiger partial charge < -0.3 is 10.6 Å². The molecule has 1 aromatic heterocycles. The topological polar surface area (TPSA) is 54.0 Å². The third-order valence-corrected chi connectivity index (χ3v) is 3.23. The van der Waals surface area contributed by atoms with Gasteiger partial charge in [0.1, 0.15) is 5.69 Å². The van der Waals surface area contributed by atoms with Crippen molar-refractivity contribution in [2.75, 3.05) is 11.9 Å². The smallest absolute Gasteiger partial charge is 0.269 e. The van der Waals surface area contributed by atoms with Crippen LogP contribution in [0.3, 0.4) is 0 Å². The Bertz CT molecular complexity index is 643. The summed E-state index contributed by atoms with van der Waals surface area (Å²) in [6.45, 7) is 4.63. The van der Waals surface area contributed by atoms with Gasteiger partial charge in [-0.1, -0.05) is 18.5 Å². The average molecular weight is 304 g/mol. The molecule has 1 aromatic carbocycles. The van der Waals surface area contributed by atoms with E-state index in [9.17, 15) is 4.79 Å². The third-order valence-electron chi connectivity index (χ3n) is 3.00. The van der Waals surface area contributed by atoms with Crippen LogP contribution in [0.1, 0.15) is 29.4 Å². The van der Waals surface area contributed by atoms with Gasteiger partial charge in [-0.2, -0.15) is 0 Å². The summed E-state index contributed by atoms with van der Waals surface area (Å²) in [5.74, 6) is -0.159. The molecule has 4 nitrogen and oxygen atoms in total. The van der Waals surface area contributed by atoms with Crippen LogP contribution in [0.2, 0.25) is 5.02 Å². The Morgan fingerprint density at radius 2 is 2.10 bits per heavy atom. The Kier molecular flexibility index (Phi) is 5.17. The van der Waals surface area contributed by atoms with Crippen molar-refractivity contribution in [1.29, 1.82) is 0 Å². The highest BCUT2D eigenvalue weighted by molar-refractivity contribution is 6.30. The molecule has 0 fully saturated rings. The summed E-state index contributed by atoms with van der Waals surface area (Å²) in [6, 6.07) is 9.19. The van der Waals surface area contributed by atoms with Crippen LogP contribution in [0.5, 0.6) is 0 Å². The molecule has 5 heteroatoms. The SMILES string of the molecule is CCCNC(=O)c1cc(Nc2ccc(Cl)cc2C)ccn1. The molecular weight excluding hydrogens is 286 g/mol. The van der Waals surface area contributed by atoms with Crippen molar-refractivity contribution in [3.05, 3.63) is 52.8 Å². The van der Waals surface area contributed by atoms with E-state index >= 15 is 0 Å². The lowest BCUT2D eigenvalue weighted by Gasteiger charge is -2.11. The van der Waals surface area contributed by atoms with Crippen molar-refractivity contribution in [1.82, 2.24) is 10.3 Å². The summed E-state index contributed by atoms with van der Waals surface area (Å²) in [7, 11) is 0. The number of hydrogen-bond acceptors (Lipinski definition) is 3. The fourth-order valence-corrected chi connectivity index (χ4v) is 2.11. The van der Waals surface area contributed by atoms with Crippen LogP contribution in [0.4, 0.5) is 11.4 Å². The molecule has 0 aliphatic rings. The van der Waals surface area contributed by atoms with Gasteiger partial charge in [-0.25, -0.2) is 0 Å². The van der Waals surface area contributed by atoms with Crippen molar-refractivity contribution in [2.45, 2.75) is 20.3 Å². The number of aryl methyl sites for hydroxylation is 1. The fourth-order valence-electron chi connectivity index (χ4n) is 1.88. The first kappa shape index (κ1) is 15.3. The van der Waals surface area contributed by atoms with E-state index < -0.39 is 0 Å². The number of aromatic nitrogens is 1. The number of pyridine rings is 1. The van der Waals surface area contributed by atoms with E-state index in [0.717, 1.165) is 23.4 Å². The molecular formula is C16H18ClN3O. The fraction of sp³-hybridized carbons (Fsp3) is 0.250. The standard InChI is InChI=1S/C16H18ClN3O/c1-3-7-19-16(21)15-10-13(6-8-18-15)20-14-5-4-12(17)9-11(14)2/h4-6,8-10H,3,7H2,1-2H3,(H,18,20)(H,19,21). The van der Waals surface area contributed by atoms with Crippen LogP contribution >= 0.6 is 11.6 Å². The molecule has 0 bridgehead atoms. The summed E-state index contributed by atoms with van der Waals surface area (Å²) >= 11 is 5.94. The zero-order valence-electron chi connectivity index (χ0n) is 12.1. The zero-order chi connectivity index (χ0) is 15.2. The summed E-state index contributed by atoms with van der Waals surface area (Å²) < 4.78 is 0. The van der Waals surface area contributed by atoms with E-state index in [1.54, 1.807) is 12.3 Å². The van der Waals surface area contributed by atoms with Crippen LogP contribution in [0.25, 0.3) is 0 Å². The first-order chi connectivity index (χ1) is 10.1. The molecule has 2 rings (SSSR count). The van der Waals surface area contributed by atoms with E-state index in [4.69, 9.17) is 11.6 Å². The van der Waals surface area contributed by atoms with Gasteiger partial charge in [0.25, 0.3) is 5.91 Å². The number of carbonyl (C=O) groups is 1. The number of anilines is 2. The summed E-state index contributed by atoms with van der Waals surface area (Å²) in [5.41, 5.74) is 3.21. The lowest BCUT2D eigenvalue weighted by molar-refractivity contribution is 0.0949. The van der Waals surface area contributed by atoms with Gasteiger partial charge in [-0.3, -0.25) is 9.78 Å². The predicted octanol–water partition coefficient (Wildman–Crippen LogP) is 3.93. The Balaban J connectivity index is 2.15. The van der Waals surface area contributed by atoms with Gasteiger partial charge in [-0.15, -0.1) is 0 Å². The van der Waals surface area contributed by atoms with Crippen LogP contribution in [-0.2, 0) is 0 Å². The molecule has 0 saturated carbocycles. The van der Waals surface area contributed by atoms with Gasteiger partial charge in [0.15, 0.2) is 0 Å². The Morgan fingerprint density at radius 3 is 2.81 bits per heavy atom. The minimum Gasteiger partial charge on any atom is -0.355 e. The molecule has 0 spiro atoms. The number of amides is 1. The molecule has 0 radical (unpaired) electrons. The number of hydrogen-bond donors (Lipinski definition) is 2. The molecule has 0 aliphatic heterocycles. The first-order valence-electron chi connectivity index (χ1n) is 6.87. The van der Waals surface area contributed by atoms with E-state index in [1.807, 2.05) is 38.1 Å². The maximum Gasteiger partial charge on any atom is 0.269 e. The van der Waals surface area contributed by atoms with E-state index in [0.29, 0.717) is 17.3 Å². The highest BCUT2D eigenvalue weighted by atomic mass is 35.5. The maximum absolute atomic E-state index is 11.9. The van der Waals surface area contributed by atoms with Crippen molar-refractivity contribution in [2.24, 2.45) is 0 Å². The first-order valence-corrected chi connectivity index (χ1v) is 7.25. The van der Waals surface area contributed by atoms with Crippen LogP contribution in [-0.4, -0.2) is 17.4 Å². The molecule has 0 atom stereocenters. The van der Waals surface area contributed by atoms with E-state index in [2.05, 4.69) is 15.6 Å². The van der Waals surface area contributed by atoms with Crippen molar-refractivity contribution in [3.63, 3.8) is 0 Å². The molecule has 0 unspecified atom stereocenters. The number of carbonyl (C=O) groups excluding carboxylic acids is 1. The number of rotatable bonds is 5. The maximum atomic E-state index is 11.9. The number of benzene rings is 1. The van der Waals surface area contributed by atoms with Gasteiger partial charge in [-0.05, 0) is 49.2 Å².